The van der Waals surface area contributed by atoms with Gasteiger partial charge in [-0.25, -0.2) is 4.39 Å². The summed E-state index contributed by atoms with van der Waals surface area (Å²) in [6.07, 6.45) is -3.28. The third-order valence-corrected chi connectivity index (χ3v) is 2.67. The number of carbonyl (C=O) groups excluding carboxylic acids is 1. The Hall–Kier alpha value is -2.51. The van der Waals surface area contributed by atoms with Crippen LogP contribution in [0.1, 0.15) is 10.5 Å². The Morgan fingerprint density at radius 3 is 2.62 bits per heavy atom. The third-order valence-electron chi connectivity index (χ3n) is 2.67. The minimum atomic E-state index is -4.44. The zero-order chi connectivity index (χ0) is 15.6. The fraction of sp³-hybridized carbons (Fsp3) is 0.154. The SMILES string of the molecule is Nc1cc(NC(=O)c2cccn2CC(F)(F)F)ccc1F. The van der Waals surface area contributed by atoms with Gasteiger partial charge in [0, 0.05) is 11.9 Å². The summed E-state index contributed by atoms with van der Waals surface area (Å²) in [6, 6.07) is 6.10. The van der Waals surface area contributed by atoms with Crippen molar-refractivity contribution < 1.29 is 22.4 Å². The minimum Gasteiger partial charge on any atom is -0.396 e. The van der Waals surface area contributed by atoms with E-state index >= 15 is 0 Å². The van der Waals surface area contributed by atoms with Gasteiger partial charge in [-0.3, -0.25) is 4.79 Å². The molecule has 0 saturated heterocycles. The molecule has 4 nitrogen and oxygen atoms in total. The van der Waals surface area contributed by atoms with Crippen molar-refractivity contribution in [1.82, 2.24) is 4.57 Å². The maximum Gasteiger partial charge on any atom is 0.406 e. The molecule has 21 heavy (non-hydrogen) atoms. The van der Waals surface area contributed by atoms with Gasteiger partial charge < -0.3 is 15.6 Å². The summed E-state index contributed by atoms with van der Waals surface area (Å²) in [4.78, 5) is 11.9. The van der Waals surface area contributed by atoms with E-state index in [0.717, 1.165) is 16.8 Å². The smallest absolute Gasteiger partial charge is 0.396 e. The van der Waals surface area contributed by atoms with Crippen molar-refractivity contribution in [2.24, 2.45) is 0 Å². The van der Waals surface area contributed by atoms with Crippen molar-refractivity contribution >= 4 is 17.3 Å². The Morgan fingerprint density at radius 1 is 1.29 bits per heavy atom. The van der Waals surface area contributed by atoms with Crippen LogP contribution >= 0.6 is 0 Å². The number of halogens is 4. The molecule has 0 aliphatic heterocycles. The van der Waals surface area contributed by atoms with E-state index in [1.807, 2.05) is 0 Å². The number of nitrogens with zero attached hydrogens (tertiary/aromatic N) is 1. The largest absolute Gasteiger partial charge is 0.406 e. The van der Waals surface area contributed by atoms with Crippen molar-refractivity contribution in [3.05, 3.63) is 48.0 Å². The Kier molecular flexibility index (Phi) is 3.88. The molecule has 0 bridgehead atoms. The normalized spacial score (nSPS) is 11.4. The van der Waals surface area contributed by atoms with Crippen LogP contribution in [0, 0.1) is 5.82 Å². The molecule has 112 valence electrons. The molecule has 8 heteroatoms. The van der Waals surface area contributed by atoms with E-state index in [4.69, 9.17) is 5.73 Å². The topological polar surface area (TPSA) is 60.0 Å². The number of carbonyl (C=O) groups is 1. The van der Waals surface area contributed by atoms with E-state index in [0.29, 0.717) is 0 Å². The van der Waals surface area contributed by atoms with Crippen LogP contribution in [0.15, 0.2) is 36.5 Å². The Labute approximate surface area is 117 Å². The number of anilines is 2. The summed E-state index contributed by atoms with van der Waals surface area (Å²) >= 11 is 0. The number of rotatable bonds is 3. The highest BCUT2D eigenvalue weighted by Crippen LogP contribution is 2.20. The summed E-state index contributed by atoms with van der Waals surface area (Å²) in [7, 11) is 0. The molecule has 1 aromatic heterocycles. The van der Waals surface area contributed by atoms with Crippen LogP contribution in [0.25, 0.3) is 0 Å². The third kappa shape index (κ3) is 3.74. The summed E-state index contributed by atoms with van der Waals surface area (Å²) < 4.78 is 50.9. The molecule has 2 rings (SSSR count). The highest BCUT2D eigenvalue weighted by atomic mass is 19.4. The second kappa shape index (κ2) is 5.47. The van der Waals surface area contributed by atoms with Gasteiger partial charge in [-0.2, -0.15) is 13.2 Å². The molecule has 0 fully saturated rings. The molecule has 2 aromatic rings. The monoisotopic (exact) mass is 301 g/mol. The number of hydrogen-bond donors (Lipinski definition) is 2. The van der Waals surface area contributed by atoms with E-state index in [-0.39, 0.29) is 17.1 Å². The second-order valence-corrected chi connectivity index (χ2v) is 4.33. The van der Waals surface area contributed by atoms with Crippen LogP contribution in [-0.2, 0) is 6.54 Å². The first-order valence-corrected chi connectivity index (χ1v) is 5.84. The van der Waals surface area contributed by atoms with E-state index in [1.54, 1.807) is 0 Å². The van der Waals surface area contributed by atoms with Gasteiger partial charge >= 0.3 is 6.18 Å². The molecular weight excluding hydrogens is 290 g/mol. The van der Waals surface area contributed by atoms with E-state index < -0.39 is 24.4 Å². The molecule has 1 heterocycles. The number of nitrogen functional groups attached to an aromatic ring is 1. The molecule has 0 radical (unpaired) electrons. The lowest BCUT2D eigenvalue weighted by molar-refractivity contribution is -0.140. The fourth-order valence-electron chi connectivity index (χ4n) is 1.77. The number of alkyl halides is 3. The predicted octanol–water partition coefficient (Wildman–Crippen LogP) is 3.02. The number of amides is 1. The van der Waals surface area contributed by atoms with Gasteiger partial charge in [-0.1, -0.05) is 0 Å². The lowest BCUT2D eigenvalue weighted by Crippen LogP contribution is -2.23. The summed E-state index contributed by atoms with van der Waals surface area (Å²) in [5.41, 5.74) is 5.22. The van der Waals surface area contributed by atoms with Crippen LogP contribution in [0.3, 0.4) is 0 Å². The Balaban J connectivity index is 2.17. The van der Waals surface area contributed by atoms with Crippen molar-refractivity contribution in [3.63, 3.8) is 0 Å². The van der Waals surface area contributed by atoms with Gasteiger partial charge in [-0.05, 0) is 30.3 Å². The first-order chi connectivity index (χ1) is 9.76. The molecule has 0 aliphatic rings. The summed E-state index contributed by atoms with van der Waals surface area (Å²) in [6.45, 7) is -1.27. The molecule has 1 amide bonds. The quantitative estimate of drug-likeness (QED) is 0.676. The molecular formula is C13H11F4N3O. The highest BCUT2D eigenvalue weighted by molar-refractivity contribution is 6.03. The van der Waals surface area contributed by atoms with Crippen LogP contribution in [0.2, 0.25) is 0 Å². The summed E-state index contributed by atoms with van der Waals surface area (Å²) in [5, 5.41) is 2.36. The van der Waals surface area contributed by atoms with Gasteiger partial charge in [0.25, 0.3) is 5.91 Å². The van der Waals surface area contributed by atoms with Crippen molar-refractivity contribution in [1.29, 1.82) is 0 Å². The number of nitrogens with two attached hydrogens (primary N) is 1. The lowest BCUT2D eigenvalue weighted by Gasteiger charge is -2.12. The predicted molar refractivity (Wildman–Crippen MR) is 69.3 cm³/mol. The van der Waals surface area contributed by atoms with Crippen LogP contribution in [0.4, 0.5) is 28.9 Å². The highest BCUT2D eigenvalue weighted by Gasteiger charge is 2.29. The fourth-order valence-corrected chi connectivity index (χ4v) is 1.77. The minimum absolute atomic E-state index is 0.157. The average Bonchev–Trinajstić information content (AvgIpc) is 2.79. The van der Waals surface area contributed by atoms with Crippen molar-refractivity contribution in [2.75, 3.05) is 11.1 Å². The molecule has 0 aliphatic carbocycles. The zero-order valence-corrected chi connectivity index (χ0v) is 10.6. The van der Waals surface area contributed by atoms with E-state index in [9.17, 15) is 22.4 Å². The van der Waals surface area contributed by atoms with Gasteiger partial charge in [-0.15, -0.1) is 0 Å². The molecule has 0 saturated carbocycles. The van der Waals surface area contributed by atoms with Gasteiger partial charge in [0.1, 0.15) is 18.1 Å². The average molecular weight is 301 g/mol. The Morgan fingerprint density at radius 2 is 2.00 bits per heavy atom. The van der Waals surface area contributed by atoms with E-state index in [1.165, 1.54) is 24.3 Å². The molecule has 0 spiro atoms. The van der Waals surface area contributed by atoms with Crippen molar-refractivity contribution in [3.8, 4) is 0 Å². The maximum atomic E-state index is 13.0. The first kappa shape index (κ1) is 14.9. The molecule has 3 N–H and O–H groups in total. The molecule has 1 aromatic carbocycles. The van der Waals surface area contributed by atoms with Crippen LogP contribution in [-0.4, -0.2) is 16.7 Å². The number of aromatic nitrogens is 1. The first-order valence-electron chi connectivity index (χ1n) is 5.84. The number of benzene rings is 1. The standard InChI is InChI=1S/C13H11F4N3O/c14-9-4-3-8(6-10(9)18)19-12(21)11-2-1-5-20(11)7-13(15,16)17/h1-6H,7,18H2,(H,19,21). The summed E-state index contributed by atoms with van der Waals surface area (Å²) in [5.74, 6) is -1.39. The maximum absolute atomic E-state index is 13.0. The lowest BCUT2D eigenvalue weighted by atomic mass is 10.2. The van der Waals surface area contributed by atoms with Gasteiger partial charge in [0.05, 0.1) is 5.69 Å². The number of hydrogen-bond acceptors (Lipinski definition) is 2. The Bertz CT molecular complexity index is 664. The van der Waals surface area contributed by atoms with Crippen molar-refractivity contribution in [2.45, 2.75) is 12.7 Å². The van der Waals surface area contributed by atoms with Gasteiger partial charge in [0.2, 0.25) is 0 Å². The molecule has 0 unspecified atom stereocenters. The van der Waals surface area contributed by atoms with Crippen LogP contribution < -0.4 is 11.1 Å². The zero-order valence-electron chi connectivity index (χ0n) is 10.6. The second-order valence-electron chi connectivity index (χ2n) is 4.33. The van der Waals surface area contributed by atoms with Gasteiger partial charge in [0.15, 0.2) is 0 Å². The van der Waals surface area contributed by atoms with E-state index in [2.05, 4.69) is 5.32 Å². The molecule has 0 atom stereocenters. The van der Waals surface area contributed by atoms with Crippen LogP contribution in [0.5, 0.6) is 0 Å². The number of nitrogens with one attached hydrogen (secondary N) is 1.